The molecule has 0 saturated carbocycles. The topological polar surface area (TPSA) is 38.5 Å². The molecule has 0 unspecified atom stereocenters. The Morgan fingerprint density at radius 3 is 2.82 bits per heavy atom. The van der Waals surface area contributed by atoms with Gasteiger partial charge in [0.2, 0.25) is 0 Å². The van der Waals surface area contributed by atoms with Crippen LogP contribution in [0.4, 0.5) is 0 Å². The largest absolute Gasteiger partial charge is 0.496 e. The van der Waals surface area contributed by atoms with Crippen LogP contribution in [0.15, 0.2) is 12.1 Å². The van der Waals surface area contributed by atoms with Gasteiger partial charge in [-0.1, -0.05) is 13.0 Å². The smallest absolute Gasteiger partial charge is 0.122 e. The van der Waals surface area contributed by atoms with Gasteiger partial charge in [-0.15, -0.1) is 0 Å². The molecule has 0 spiro atoms. The van der Waals surface area contributed by atoms with Gasteiger partial charge in [0.25, 0.3) is 0 Å². The molecule has 3 nitrogen and oxygen atoms in total. The number of methoxy groups -OCH3 is 1. The summed E-state index contributed by atoms with van der Waals surface area (Å²) in [6.45, 7) is 6.05. The number of nitrogens with two attached hydrogens (primary N) is 1. The minimum absolute atomic E-state index is 0.742. The molecule has 0 saturated heterocycles. The van der Waals surface area contributed by atoms with Gasteiger partial charge >= 0.3 is 0 Å². The first-order chi connectivity index (χ1) is 8.28. The van der Waals surface area contributed by atoms with E-state index in [1.165, 1.54) is 16.7 Å². The third-order valence-electron chi connectivity index (χ3n) is 3.52. The molecular weight excluding hydrogens is 212 g/mol. The molecule has 0 fully saturated rings. The van der Waals surface area contributed by atoms with Crippen LogP contribution < -0.4 is 10.5 Å². The van der Waals surface area contributed by atoms with Crippen LogP contribution in [-0.4, -0.2) is 31.6 Å². The lowest BCUT2D eigenvalue weighted by Gasteiger charge is -2.29. The van der Waals surface area contributed by atoms with Crippen molar-refractivity contribution in [1.29, 1.82) is 0 Å². The molecule has 0 radical (unpaired) electrons. The molecule has 1 heterocycles. The Labute approximate surface area is 104 Å². The number of aryl methyl sites for hydroxylation is 1. The zero-order valence-electron chi connectivity index (χ0n) is 10.8. The lowest BCUT2D eigenvalue weighted by Crippen LogP contribution is -2.34. The first-order valence-electron chi connectivity index (χ1n) is 6.39. The van der Waals surface area contributed by atoms with Crippen LogP contribution in [-0.2, 0) is 19.4 Å². The van der Waals surface area contributed by atoms with Gasteiger partial charge in [0.1, 0.15) is 5.75 Å². The molecule has 1 aromatic carbocycles. The number of ether oxygens (including phenoxy) is 1. The minimum Gasteiger partial charge on any atom is -0.496 e. The van der Waals surface area contributed by atoms with Gasteiger partial charge in [0.15, 0.2) is 0 Å². The van der Waals surface area contributed by atoms with Crippen LogP contribution in [0, 0.1) is 0 Å². The van der Waals surface area contributed by atoms with Crippen molar-refractivity contribution in [3.63, 3.8) is 0 Å². The second kappa shape index (κ2) is 5.52. The zero-order valence-corrected chi connectivity index (χ0v) is 10.8. The van der Waals surface area contributed by atoms with Crippen molar-refractivity contribution in [2.45, 2.75) is 26.3 Å². The standard InChI is InChI=1S/C14H22N2O/c1-3-11-8-13-10-16(7-5-15)6-4-12(13)9-14(11)17-2/h8-9H,3-7,10,15H2,1-2H3. The van der Waals surface area contributed by atoms with Gasteiger partial charge in [-0.25, -0.2) is 0 Å². The van der Waals surface area contributed by atoms with Crippen LogP contribution in [0.1, 0.15) is 23.6 Å². The van der Waals surface area contributed by atoms with Crippen LogP contribution in [0.2, 0.25) is 0 Å². The van der Waals surface area contributed by atoms with Crippen molar-refractivity contribution < 1.29 is 4.74 Å². The molecule has 17 heavy (non-hydrogen) atoms. The molecule has 2 N–H and O–H groups in total. The highest BCUT2D eigenvalue weighted by atomic mass is 16.5. The maximum absolute atomic E-state index is 5.62. The van der Waals surface area contributed by atoms with E-state index in [0.29, 0.717) is 0 Å². The third kappa shape index (κ3) is 2.61. The van der Waals surface area contributed by atoms with Crippen molar-refractivity contribution >= 4 is 0 Å². The average molecular weight is 234 g/mol. The first kappa shape index (κ1) is 12.4. The quantitative estimate of drug-likeness (QED) is 0.859. The normalized spacial score (nSPS) is 15.7. The van der Waals surface area contributed by atoms with E-state index in [-0.39, 0.29) is 0 Å². The molecule has 1 aliphatic heterocycles. The second-order valence-electron chi connectivity index (χ2n) is 4.60. The number of nitrogens with zero attached hydrogens (tertiary/aromatic N) is 1. The Hall–Kier alpha value is -1.06. The van der Waals surface area contributed by atoms with Gasteiger partial charge in [-0.3, -0.25) is 4.90 Å². The number of benzene rings is 1. The molecule has 94 valence electrons. The van der Waals surface area contributed by atoms with Crippen molar-refractivity contribution in [2.24, 2.45) is 5.73 Å². The van der Waals surface area contributed by atoms with E-state index in [0.717, 1.165) is 44.8 Å². The van der Waals surface area contributed by atoms with Crippen LogP contribution in [0.25, 0.3) is 0 Å². The first-order valence-corrected chi connectivity index (χ1v) is 6.39. The van der Waals surface area contributed by atoms with Gasteiger partial charge in [0.05, 0.1) is 7.11 Å². The molecule has 1 aliphatic rings. The molecule has 0 atom stereocenters. The molecule has 1 aromatic rings. The summed E-state index contributed by atoms with van der Waals surface area (Å²) in [6.07, 6.45) is 2.13. The van der Waals surface area contributed by atoms with E-state index in [9.17, 15) is 0 Å². The summed E-state index contributed by atoms with van der Waals surface area (Å²) in [5.74, 6) is 1.04. The van der Waals surface area contributed by atoms with Gasteiger partial charge in [-0.05, 0) is 35.6 Å². The number of rotatable bonds is 4. The van der Waals surface area contributed by atoms with Crippen LogP contribution >= 0.6 is 0 Å². The third-order valence-corrected chi connectivity index (χ3v) is 3.52. The molecule has 2 rings (SSSR count). The maximum atomic E-state index is 5.62. The Bertz CT molecular complexity index is 390. The summed E-state index contributed by atoms with van der Waals surface area (Å²) in [7, 11) is 1.75. The minimum atomic E-state index is 0.742. The Kier molecular flexibility index (Phi) is 4.02. The highest BCUT2D eigenvalue weighted by Crippen LogP contribution is 2.28. The lowest BCUT2D eigenvalue weighted by atomic mass is 9.95. The summed E-state index contributed by atoms with van der Waals surface area (Å²) < 4.78 is 5.44. The van der Waals surface area contributed by atoms with E-state index >= 15 is 0 Å². The van der Waals surface area contributed by atoms with Gasteiger partial charge in [0, 0.05) is 26.2 Å². The highest BCUT2D eigenvalue weighted by molar-refractivity contribution is 5.43. The van der Waals surface area contributed by atoms with Gasteiger partial charge < -0.3 is 10.5 Å². The highest BCUT2D eigenvalue weighted by Gasteiger charge is 2.17. The molecular formula is C14H22N2O. The Morgan fingerprint density at radius 2 is 2.18 bits per heavy atom. The summed E-state index contributed by atoms with van der Waals surface area (Å²) in [4.78, 5) is 2.42. The molecule has 0 aromatic heterocycles. The number of hydrogen-bond acceptors (Lipinski definition) is 3. The van der Waals surface area contributed by atoms with Crippen LogP contribution in [0.3, 0.4) is 0 Å². The Balaban J connectivity index is 2.25. The van der Waals surface area contributed by atoms with E-state index in [4.69, 9.17) is 10.5 Å². The predicted molar refractivity (Wildman–Crippen MR) is 70.4 cm³/mol. The molecule has 3 heteroatoms. The monoisotopic (exact) mass is 234 g/mol. The van der Waals surface area contributed by atoms with E-state index in [1.807, 2.05) is 0 Å². The van der Waals surface area contributed by atoms with E-state index in [2.05, 4.69) is 24.0 Å². The SMILES string of the molecule is CCc1cc2c(cc1OC)CCN(CCN)C2. The van der Waals surface area contributed by atoms with Crippen molar-refractivity contribution in [1.82, 2.24) is 4.90 Å². The lowest BCUT2D eigenvalue weighted by molar-refractivity contribution is 0.261. The van der Waals surface area contributed by atoms with E-state index in [1.54, 1.807) is 7.11 Å². The fraction of sp³-hybridized carbons (Fsp3) is 0.571. The predicted octanol–water partition coefficient (Wildman–Crippen LogP) is 1.57. The molecule has 0 amide bonds. The zero-order chi connectivity index (χ0) is 12.3. The molecule has 0 bridgehead atoms. The maximum Gasteiger partial charge on any atom is 0.122 e. The Morgan fingerprint density at radius 1 is 1.35 bits per heavy atom. The average Bonchev–Trinajstić information content (AvgIpc) is 2.37. The fourth-order valence-corrected chi connectivity index (χ4v) is 2.54. The number of hydrogen-bond donors (Lipinski definition) is 1. The van der Waals surface area contributed by atoms with Crippen LogP contribution in [0.5, 0.6) is 5.75 Å². The van der Waals surface area contributed by atoms with Crippen molar-refractivity contribution in [3.05, 3.63) is 28.8 Å². The second-order valence-corrected chi connectivity index (χ2v) is 4.60. The van der Waals surface area contributed by atoms with Crippen molar-refractivity contribution in [3.8, 4) is 5.75 Å². The fourth-order valence-electron chi connectivity index (χ4n) is 2.54. The molecule has 0 aliphatic carbocycles. The van der Waals surface area contributed by atoms with Crippen molar-refractivity contribution in [2.75, 3.05) is 26.7 Å². The summed E-state index contributed by atoms with van der Waals surface area (Å²) in [5, 5.41) is 0. The summed E-state index contributed by atoms with van der Waals surface area (Å²) in [5.41, 5.74) is 9.81. The number of fused-ring (bicyclic) bond motifs is 1. The van der Waals surface area contributed by atoms with Gasteiger partial charge in [-0.2, -0.15) is 0 Å². The summed E-state index contributed by atoms with van der Waals surface area (Å²) in [6, 6.07) is 4.52. The summed E-state index contributed by atoms with van der Waals surface area (Å²) >= 11 is 0. The van der Waals surface area contributed by atoms with E-state index < -0.39 is 0 Å².